The molecule has 0 aromatic carbocycles. The first kappa shape index (κ1) is 8.53. The highest BCUT2D eigenvalue weighted by Crippen LogP contribution is 2.36. The predicted octanol–water partition coefficient (Wildman–Crippen LogP) is 0.120. The zero-order chi connectivity index (χ0) is 8.32. The Hall–Kier alpha value is -0.570. The van der Waals surface area contributed by atoms with Crippen molar-refractivity contribution in [2.24, 2.45) is 5.92 Å². The zero-order valence-electron chi connectivity index (χ0n) is 7.18. The van der Waals surface area contributed by atoms with Crippen LogP contribution in [0.4, 0.5) is 0 Å². The molecule has 2 N–H and O–H groups in total. The summed E-state index contributed by atoms with van der Waals surface area (Å²) in [6, 6.07) is 0. The normalized spacial score (nSPS) is 36.0. The lowest BCUT2D eigenvalue weighted by Gasteiger charge is -2.46. The lowest BCUT2D eigenvalue weighted by molar-refractivity contribution is -0.112. The lowest BCUT2D eigenvalue weighted by atomic mass is 9.69. The van der Waals surface area contributed by atoms with Gasteiger partial charge in [-0.05, 0) is 25.8 Å². The third-order valence-corrected chi connectivity index (χ3v) is 2.36. The summed E-state index contributed by atoms with van der Waals surface area (Å²) in [6.45, 7) is 3.09. The standard InChI is InChI=1S/C8H16N2O/c1-7-3-8(4-7,5-9-2)10-6-11/h6-7,9H,3-5H2,1-2H3,(H,10,11). The highest BCUT2D eigenvalue weighted by atomic mass is 16.1. The molecule has 64 valence electrons. The van der Waals surface area contributed by atoms with Gasteiger partial charge in [0.25, 0.3) is 0 Å². The van der Waals surface area contributed by atoms with E-state index in [0.29, 0.717) is 0 Å². The van der Waals surface area contributed by atoms with Gasteiger partial charge in [-0.25, -0.2) is 0 Å². The Morgan fingerprint density at radius 1 is 1.64 bits per heavy atom. The second-order valence-electron chi connectivity index (χ2n) is 3.59. The van der Waals surface area contributed by atoms with E-state index in [1.165, 1.54) is 0 Å². The Morgan fingerprint density at radius 2 is 2.27 bits per heavy atom. The molecule has 0 aromatic heterocycles. The maximum absolute atomic E-state index is 10.3. The van der Waals surface area contributed by atoms with E-state index in [1.54, 1.807) is 0 Å². The van der Waals surface area contributed by atoms with E-state index in [4.69, 9.17) is 0 Å². The summed E-state index contributed by atoms with van der Waals surface area (Å²) in [5.74, 6) is 0.760. The fraction of sp³-hybridized carbons (Fsp3) is 0.875. The zero-order valence-corrected chi connectivity index (χ0v) is 7.18. The number of carbonyl (C=O) groups excluding carboxylic acids is 1. The highest BCUT2D eigenvalue weighted by molar-refractivity contribution is 5.48. The Labute approximate surface area is 67.5 Å². The Bertz CT molecular complexity index is 136. The molecule has 1 fully saturated rings. The number of hydrogen-bond acceptors (Lipinski definition) is 2. The minimum absolute atomic E-state index is 0.0654. The van der Waals surface area contributed by atoms with Crippen molar-refractivity contribution in [3.05, 3.63) is 0 Å². The van der Waals surface area contributed by atoms with Crippen LogP contribution in [0.3, 0.4) is 0 Å². The van der Waals surface area contributed by atoms with Crippen LogP contribution in [0.25, 0.3) is 0 Å². The van der Waals surface area contributed by atoms with Gasteiger partial charge in [0, 0.05) is 6.54 Å². The highest BCUT2D eigenvalue weighted by Gasteiger charge is 2.40. The molecule has 1 rings (SSSR count). The average molecular weight is 156 g/mol. The van der Waals surface area contributed by atoms with E-state index in [9.17, 15) is 4.79 Å². The molecule has 1 aliphatic carbocycles. The van der Waals surface area contributed by atoms with Gasteiger partial charge in [0.05, 0.1) is 5.54 Å². The molecule has 3 heteroatoms. The number of nitrogens with one attached hydrogen (secondary N) is 2. The van der Waals surface area contributed by atoms with Gasteiger partial charge in [-0.1, -0.05) is 6.92 Å². The van der Waals surface area contributed by atoms with E-state index in [1.807, 2.05) is 7.05 Å². The van der Waals surface area contributed by atoms with Crippen molar-refractivity contribution in [3.63, 3.8) is 0 Å². The second-order valence-corrected chi connectivity index (χ2v) is 3.59. The van der Waals surface area contributed by atoms with Crippen LogP contribution in [0.2, 0.25) is 0 Å². The average Bonchev–Trinajstić information content (AvgIpc) is 1.86. The van der Waals surface area contributed by atoms with Crippen LogP contribution in [-0.2, 0) is 4.79 Å². The van der Waals surface area contributed by atoms with Gasteiger partial charge in [-0.3, -0.25) is 4.79 Å². The number of hydrogen-bond donors (Lipinski definition) is 2. The molecular formula is C8H16N2O. The van der Waals surface area contributed by atoms with Crippen molar-refractivity contribution < 1.29 is 4.79 Å². The summed E-state index contributed by atoms with van der Waals surface area (Å²) in [7, 11) is 1.91. The van der Waals surface area contributed by atoms with E-state index < -0.39 is 0 Å². The second kappa shape index (κ2) is 3.22. The molecule has 1 amide bonds. The van der Waals surface area contributed by atoms with Gasteiger partial charge in [-0.2, -0.15) is 0 Å². The Kier molecular flexibility index (Phi) is 2.49. The molecular weight excluding hydrogens is 140 g/mol. The largest absolute Gasteiger partial charge is 0.352 e. The fourth-order valence-electron chi connectivity index (χ4n) is 2.05. The summed E-state index contributed by atoms with van der Waals surface area (Å²) in [4.78, 5) is 10.3. The number of likely N-dealkylation sites (N-methyl/N-ethyl adjacent to an activating group) is 1. The third-order valence-electron chi connectivity index (χ3n) is 2.36. The fourth-order valence-corrected chi connectivity index (χ4v) is 2.05. The summed E-state index contributed by atoms with van der Waals surface area (Å²) in [6.07, 6.45) is 3.02. The SMILES string of the molecule is CNCC1(NC=O)CC(C)C1. The topological polar surface area (TPSA) is 41.1 Å². The van der Waals surface area contributed by atoms with Gasteiger partial charge >= 0.3 is 0 Å². The molecule has 0 aromatic rings. The van der Waals surface area contributed by atoms with Gasteiger partial charge < -0.3 is 10.6 Å². The molecule has 0 atom stereocenters. The van der Waals surface area contributed by atoms with Crippen molar-refractivity contribution in [3.8, 4) is 0 Å². The van der Waals surface area contributed by atoms with Gasteiger partial charge in [0.1, 0.15) is 0 Å². The third kappa shape index (κ3) is 1.71. The van der Waals surface area contributed by atoms with Crippen molar-refractivity contribution in [2.75, 3.05) is 13.6 Å². The summed E-state index contributed by atoms with van der Waals surface area (Å²) in [5, 5.41) is 5.98. The van der Waals surface area contributed by atoms with Crippen LogP contribution in [0.5, 0.6) is 0 Å². The maximum atomic E-state index is 10.3. The number of amides is 1. The summed E-state index contributed by atoms with van der Waals surface area (Å²) < 4.78 is 0. The Balaban J connectivity index is 2.39. The van der Waals surface area contributed by atoms with Crippen LogP contribution >= 0.6 is 0 Å². The molecule has 3 nitrogen and oxygen atoms in total. The number of rotatable bonds is 4. The van der Waals surface area contributed by atoms with Gasteiger partial charge in [0.2, 0.25) is 6.41 Å². The first-order valence-corrected chi connectivity index (χ1v) is 4.08. The molecule has 11 heavy (non-hydrogen) atoms. The minimum Gasteiger partial charge on any atom is -0.352 e. The molecule has 0 spiro atoms. The van der Waals surface area contributed by atoms with Gasteiger partial charge in [-0.15, -0.1) is 0 Å². The van der Waals surface area contributed by atoms with Crippen molar-refractivity contribution in [1.29, 1.82) is 0 Å². The van der Waals surface area contributed by atoms with E-state index >= 15 is 0 Å². The molecule has 1 aliphatic rings. The molecule has 0 unspecified atom stereocenters. The molecule has 0 saturated heterocycles. The first-order chi connectivity index (χ1) is 5.22. The van der Waals surface area contributed by atoms with Crippen LogP contribution in [0.15, 0.2) is 0 Å². The van der Waals surface area contributed by atoms with Crippen molar-refractivity contribution in [2.45, 2.75) is 25.3 Å². The van der Waals surface area contributed by atoms with Crippen molar-refractivity contribution >= 4 is 6.41 Å². The summed E-state index contributed by atoms with van der Waals surface area (Å²) in [5.41, 5.74) is 0.0654. The molecule has 0 aliphatic heterocycles. The first-order valence-electron chi connectivity index (χ1n) is 4.08. The molecule has 0 bridgehead atoms. The lowest BCUT2D eigenvalue weighted by Crippen LogP contribution is -2.59. The minimum atomic E-state index is 0.0654. The smallest absolute Gasteiger partial charge is 0.207 e. The van der Waals surface area contributed by atoms with Crippen LogP contribution < -0.4 is 10.6 Å². The van der Waals surface area contributed by atoms with Gasteiger partial charge in [0.15, 0.2) is 0 Å². The Morgan fingerprint density at radius 3 is 2.64 bits per heavy atom. The van der Waals surface area contributed by atoms with E-state index in [-0.39, 0.29) is 5.54 Å². The monoisotopic (exact) mass is 156 g/mol. The number of carbonyl (C=O) groups is 1. The van der Waals surface area contributed by atoms with Crippen LogP contribution in [0.1, 0.15) is 19.8 Å². The predicted molar refractivity (Wildman–Crippen MR) is 44.3 cm³/mol. The van der Waals surface area contributed by atoms with Crippen LogP contribution in [-0.4, -0.2) is 25.5 Å². The maximum Gasteiger partial charge on any atom is 0.207 e. The van der Waals surface area contributed by atoms with Crippen LogP contribution in [0, 0.1) is 5.92 Å². The van der Waals surface area contributed by atoms with E-state index in [0.717, 1.165) is 31.7 Å². The molecule has 1 saturated carbocycles. The van der Waals surface area contributed by atoms with Crippen molar-refractivity contribution in [1.82, 2.24) is 10.6 Å². The molecule has 0 heterocycles. The molecule has 0 radical (unpaired) electrons. The summed E-state index contributed by atoms with van der Waals surface area (Å²) >= 11 is 0. The van der Waals surface area contributed by atoms with E-state index in [2.05, 4.69) is 17.6 Å². The quantitative estimate of drug-likeness (QED) is 0.568.